The molecule has 20 heavy (non-hydrogen) atoms. The molecule has 114 valence electrons. The van der Waals surface area contributed by atoms with Gasteiger partial charge < -0.3 is 9.84 Å². The van der Waals surface area contributed by atoms with E-state index in [2.05, 4.69) is 6.92 Å². The monoisotopic (exact) mass is 282 g/mol. The average Bonchev–Trinajstić information content (AvgIpc) is 2.56. The highest BCUT2D eigenvalue weighted by atomic mass is 16.5. The van der Waals surface area contributed by atoms with Crippen LogP contribution in [-0.2, 0) is 14.3 Å². The van der Waals surface area contributed by atoms with Crippen molar-refractivity contribution in [2.24, 2.45) is 5.92 Å². The van der Waals surface area contributed by atoms with Crippen LogP contribution < -0.4 is 0 Å². The summed E-state index contributed by atoms with van der Waals surface area (Å²) in [5, 5.41) is 10.9. The summed E-state index contributed by atoms with van der Waals surface area (Å²) in [5.74, 6) is -1.21. The third-order valence-corrected chi connectivity index (χ3v) is 4.31. The molecule has 4 heteroatoms. The van der Waals surface area contributed by atoms with Gasteiger partial charge in [-0.15, -0.1) is 0 Å². The first-order valence-corrected chi connectivity index (χ1v) is 7.48. The maximum absolute atomic E-state index is 12.3. The van der Waals surface area contributed by atoms with Crippen molar-refractivity contribution in [1.29, 1.82) is 0 Å². The number of aliphatic hydroxyl groups is 1. The van der Waals surface area contributed by atoms with E-state index in [0.29, 0.717) is 24.2 Å². The van der Waals surface area contributed by atoms with Gasteiger partial charge in [-0.3, -0.25) is 9.59 Å². The summed E-state index contributed by atoms with van der Waals surface area (Å²) in [5.41, 5.74) is 0.134. The van der Waals surface area contributed by atoms with Gasteiger partial charge in [0, 0.05) is 0 Å². The van der Waals surface area contributed by atoms with Gasteiger partial charge in [-0.05, 0) is 38.3 Å². The molecule has 0 heterocycles. The Morgan fingerprint density at radius 1 is 1.30 bits per heavy atom. The maximum atomic E-state index is 12.3. The molecular weight excluding hydrogens is 256 g/mol. The predicted molar refractivity (Wildman–Crippen MR) is 77.2 cm³/mol. The number of ketones is 1. The lowest BCUT2D eigenvalue weighted by Gasteiger charge is -2.31. The Labute approximate surface area is 121 Å². The first kappa shape index (κ1) is 16.9. The summed E-state index contributed by atoms with van der Waals surface area (Å²) < 4.78 is 4.92. The minimum Gasteiger partial charge on any atom is -0.466 e. The zero-order valence-corrected chi connectivity index (χ0v) is 13.0. The van der Waals surface area contributed by atoms with Crippen LogP contribution in [0.15, 0.2) is 11.1 Å². The predicted octanol–water partition coefficient (Wildman–Crippen LogP) is 2.79. The fraction of sp³-hybridized carbons (Fsp3) is 0.750. The average molecular weight is 282 g/mol. The molecular formula is C16H26O4. The van der Waals surface area contributed by atoms with Gasteiger partial charge >= 0.3 is 5.97 Å². The van der Waals surface area contributed by atoms with Crippen LogP contribution in [0.4, 0.5) is 0 Å². The van der Waals surface area contributed by atoms with E-state index in [1.807, 2.05) is 0 Å². The van der Waals surface area contributed by atoms with E-state index in [1.165, 1.54) is 0 Å². The van der Waals surface area contributed by atoms with Crippen molar-refractivity contribution >= 4 is 11.8 Å². The largest absolute Gasteiger partial charge is 0.466 e. The lowest BCUT2D eigenvalue weighted by atomic mass is 9.80. The van der Waals surface area contributed by atoms with Gasteiger partial charge in [0.15, 0.2) is 5.78 Å². The van der Waals surface area contributed by atoms with Crippen LogP contribution >= 0.6 is 0 Å². The first-order chi connectivity index (χ1) is 9.38. The minimum atomic E-state index is -1.18. The Kier molecular flexibility index (Phi) is 5.93. The Balaban J connectivity index is 2.89. The molecule has 0 bridgehead atoms. The van der Waals surface area contributed by atoms with Crippen molar-refractivity contribution in [1.82, 2.24) is 0 Å². The standard InChI is InChI=1S/C16H26O4/c1-5-7-8-9-16(19)12(4)11(3)15(18)13(16)10-14(17)20-6-2/h13,19H,5-10H2,1-4H3. The van der Waals surface area contributed by atoms with Crippen molar-refractivity contribution < 1.29 is 19.4 Å². The zero-order chi connectivity index (χ0) is 15.3. The van der Waals surface area contributed by atoms with Crippen molar-refractivity contribution in [3.05, 3.63) is 11.1 Å². The molecule has 2 atom stereocenters. The minimum absolute atomic E-state index is 0.0377. The molecule has 0 amide bonds. The van der Waals surface area contributed by atoms with Gasteiger partial charge in [-0.2, -0.15) is 0 Å². The van der Waals surface area contributed by atoms with E-state index < -0.39 is 17.5 Å². The molecule has 1 aliphatic carbocycles. The van der Waals surface area contributed by atoms with Crippen molar-refractivity contribution in [2.45, 2.75) is 65.4 Å². The summed E-state index contributed by atoms with van der Waals surface area (Å²) >= 11 is 0. The molecule has 0 saturated heterocycles. The van der Waals surface area contributed by atoms with E-state index in [1.54, 1.807) is 20.8 Å². The second kappa shape index (κ2) is 7.02. The molecule has 0 radical (unpaired) electrons. The molecule has 0 fully saturated rings. The van der Waals surface area contributed by atoms with Gasteiger partial charge in [0.2, 0.25) is 0 Å². The maximum Gasteiger partial charge on any atom is 0.306 e. The number of ether oxygens (including phenoxy) is 1. The third-order valence-electron chi connectivity index (χ3n) is 4.31. The normalized spacial score (nSPS) is 26.2. The summed E-state index contributed by atoms with van der Waals surface area (Å²) in [6.07, 6.45) is 3.40. The van der Waals surface area contributed by atoms with Crippen molar-refractivity contribution in [3.8, 4) is 0 Å². The highest BCUT2D eigenvalue weighted by molar-refractivity contribution is 6.03. The molecule has 0 aromatic heterocycles. The molecule has 0 aromatic carbocycles. The fourth-order valence-electron chi connectivity index (χ4n) is 2.90. The zero-order valence-electron chi connectivity index (χ0n) is 13.0. The molecule has 0 aromatic rings. The molecule has 2 unspecified atom stereocenters. The second-order valence-electron chi connectivity index (χ2n) is 5.56. The molecule has 4 nitrogen and oxygen atoms in total. The van der Waals surface area contributed by atoms with E-state index in [4.69, 9.17) is 4.74 Å². The van der Waals surface area contributed by atoms with Gasteiger partial charge in [0.1, 0.15) is 0 Å². The van der Waals surface area contributed by atoms with Crippen LogP contribution in [0.5, 0.6) is 0 Å². The second-order valence-corrected chi connectivity index (χ2v) is 5.56. The number of carbonyl (C=O) groups is 2. The summed E-state index contributed by atoms with van der Waals surface area (Å²) in [6.45, 7) is 7.64. The number of allylic oxidation sites excluding steroid dienone is 1. The van der Waals surface area contributed by atoms with E-state index in [-0.39, 0.29) is 12.2 Å². The summed E-state index contributed by atoms with van der Waals surface area (Å²) in [7, 11) is 0. The third kappa shape index (κ3) is 3.29. The molecule has 1 aliphatic rings. The quantitative estimate of drug-likeness (QED) is 0.576. The van der Waals surface area contributed by atoms with Crippen LogP contribution in [0.2, 0.25) is 0 Å². The molecule has 1 rings (SSSR count). The van der Waals surface area contributed by atoms with E-state index >= 15 is 0 Å². The van der Waals surface area contributed by atoms with Crippen LogP contribution in [0.25, 0.3) is 0 Å². The topological polar surface area (TPSA) is 63.6 Å². The Morgan fingerprint density at radius 2 is 1.95 bits per heavy atom. The molecule has 0 saturated carbocycles. The summed E-state index contributed by atoms with van der Waals surface area (Å²) in [6, 6.07) is 0. The van der Waals surface area contributed by atoms with Crippen LogP contribution in [0.3, 0.4) is 0 Å². The van der Waals surface area contributed by atoms with Gasteiger partial charge in [-0.25, -0.2) is 0 Å². The highest BCUT2D eigenvalue weighted by Crippen LogP contribution is 2.43. The van der Waals surface area contributed by atoms with Crippen molar-refractivity contribution in [3.63, 3.8) is 0 Å². The number of hydrogen-bond acceptors (Lipinski definition) is 4. The first-order valence-electron chi connectivity index (χ1n) is 7.48. The number of carbonyl (C=O) groups excluding carboxylic acids is 2. The van der Waals surface area contributed by atoms with Crippen molar-refractivity contribution in [2.75, 3.05) is 6.61 Å². The number of unbranched alkanes of at least 4 members (excludes halogenated alkanes) is 2. The smallest absolute Gasteiger partial charge is 0.306 e. The fourth-order valence-corrected chi connectivity index (χ4v) is 2.90. The highest BCUT2D eigenvalue weighted by Gasteiger charge is 2.49. The lowest BCUT2D eigenvalue weighted by Crippen LogP contribution is -2.40. The van der Waals surface area contributed by atoms with E-state index in [9.17, 15) is 14.7 Å². The number of esters is 1. The van der Waals surface area contributed by atoms with Gasteiger partial charge in [0.05, 0.1) is 24.5 Å². The van der Waals surface area contributed by atoms with Crippen LogP contribution in [-0.4, -0.2) is 29.1 Å². The Hall–Kier alpha value is -1.16. The molecule has 0 spiro atoms. The van der Waals surface area contributed by atoms with E-state index in [0.717, 1.165) is 19.3 Å². The Morgan fingerprint density at radius 3 is 2.50 bits per heavy atom. The number of Topliss-reactive ketones (excluding diaryl/α,β-unsaturated/α-hetero) is 1. The Bertz CT molecular complexity index is 411. The van der Waals surface area contributed by atoms with Crippen LogP contribution in [0.1, 0.15) is 59.8 Å². The van der Waals surface area contributed by atoms with Crippen LogP contribution in [0, 0.1) is 5.92 Å². The molecule has 1 N–H and O–H groups in total. The van der Waals surface area contributed by atoms with Gasteiger partial charge in [-0.1, -0.05) is 26.2 Å². The summed E-state index contributed by atoms with van der Waals surface area (Å²) in [4.78, 5) is 23.9. The SMILES string of the molecule is CCCCCC1(O)C(C)=C(C)C(=O)C1CC(=O)OCC. The number of rotatable bonds is 7. The lowest BCUT2D eigenvalue weighted by molar-refractivity contribution is -0.148. The van der Waals surface area contributed by atoms with Gasteiger partial charge in [0.25, 0.3) is 0 Å². The molecule has 0 aliphatic heterocycles. The number of hydrogen-bond donors (Lipinski definition) is 1.